The number of likely N-dealkylation sites (N-methyl/N-ethyl adjacent to an activating group) is 1. The van der Waals surface area contributed by atoms with Gasteiger partial charge >= 0.3 is 0 Å². The van der Waals surface area contributed by atoms with E-state index in [0.29, 0.717) is 11.4 Å². The summed E-state index contributed by atoms with van der Waals surface area (Å²) in [7, 11) is 2.16. The minimum atomic E-state index is -0.435. The van der Waals surface area contributed by atoms with E-state index < -0.39 is 5.91 Å². The number of aromatic nitrogens is 3. The summed E-state index contributed by atoms with van der Waals surface area (Å²) in [5.41, 5.74) is 9.65. The summed E-state index contributed by atoms with van der Waals surface area (Å²) in [6.45, 7) is 4.25. The third kappa shape index (κ3) is 3.85. The van der Waals surface area contributed by atoms with Crippen LogP contribution in [-0.2, 0) is 0 Å². The highest BCUT2D eigenvalue weighted by Gasteiger charge is 2.15. The van der Waals surface area contributed by atoms with Gasteiger partial charge in [-0.25, -0.2) is 9.97 Å². The summed E-state index contributed by atoms with van der Waals surface area (Å²) in [6, 6.07) is 10.2. The Morgan fingerprint density at radius 3 is 2.61 bits per heavy atom. The van der Waals surface area contributed by atoms with Crippen molar-refractivity contribution in [1.29, 1.82) is 0 Å². The lowest BCUT2D eigenvalue weighted by Gasteiger charge is -2.34. The Morgan fingerprint density at radius 1 is 1.13 bits per heavy atom. The van der Waals surface area contributed by atoms with Crippen LogP contribution in [0.5, 0.6) is 0 Å². The third-order valence-corrected chi connectivity index (χ3v) is 6.52. The van der Waals surface area contributed by atoms with Gasteiger partial charge in [0.1, 0.15) is 0 Å². The molecule has 1 fully saturated rings. The number of nitrogens with two attached hydrogens (primary N) is 1. The maximum absolute atomic E-state index is 11.4. The molecular formula is C22H23N7OS. The van der Waals surface area contributed by atoms with Gasteiger partial charge in [-0.3, -0.25) is 9.20 Å². The molecule has 3 N–H and O–H groups in total. The van der Waals surface area contributed by atoms with E-state index in [-0.39, 0.29) is 0 Å². The molecule has 4 aromatic rings. The van der Waals surface area contributed by atoms with Gasteiger partial charge in [-0.15, -0.1) is 11.3 Å². The first kappa shape index (κ1) is 19.5. The molecule has 1 saturated heterocycles. The smallest absolute Gasteiger partial charge is 0.249 e. The van der Waals surface area contributed by atoms with Gasteiger partial charge in [0.2, 0.25) is 5.91 Å². The Morgan fingerprint density at radius 2 is 1.90 bits per heavy atom. The number of hydrogen-bond acceptors (Lipinski definition) is 7. The van der Waals surface area contributed by atoms with Gasteiger partial charge in [0, 0.05) is 55.3 Å². The molecule has 8 nitrogen and oxygen atoms in total. The normalized spacial score (nSPS) is 14.8. The van der Waals surface area contributed by atoms with E-state index in [1.807, 2.05) is 10.6 Å². The first-order valence-electron chi connectivity index (χ1n) is 10.1. The average Bonchev–Trinajstić information content (AvgIpc) is 3.46. The molecule has 4 heterocycles. The Hall–Kier alpha value is -3.43. The molecule has 0 spiro atoms. The number of primary amides is 1. The summed E-state index contributed by atoms with van der Waals surface area (Å²) < 4.78 is 1.96. The number of fused-ring (bicyclic) bond motifs is 1. The van der Waals surface area contributed by atoms with Crippen molar-refractivity contribution < 1.29 is 4.79 Å². The van der Waals surface area contributed by atoms with Crippen LogP contribution in [0.1, 0.15) is 10.4 Å². The highest BCUT2D eigenvalue weighted by atomic mass is 32.1. The van der Waals surface area contributed by atoms with Crippen LogP contribution in [0.4, 0.5) is 17.2 Å². The highest BCUT2D eigenvalue weighted by molar-refractivity contribution is 7.13. The standard InChI is InChI=1S/C22H23N7OS/c1-27-8-10-28(11-9-27)17-4-2-16(3-5-17)26-21-22-24-6-7-29(22)18(13-25-21)19-12-15(14-31-19)20(23)30/h2-7,12-14H,8-11H2,1H3,(H2,23,30)(H,25,26). The second kappa shape index (κ2) is 8.01. The van der Waals surface area contributed by atoms with Crippen LogP contribution >= 0.6 is 11.3 Å². The number of anilines is 3. The lowest BCUT2D eigenvalue weighted by molar-refractivity contribution is 0.100. The predicted octanol–water partition coefficient (Wildman–Crippen LogP) is 3.05. The summed E-state index contributed by atoms with van der Waals surface area (Å²) in [5.74, 6) is 0.239. The van der Waals surface area contributed by atoms with Crippen LogP contribution in [0.2, 0.25) is 0 Å². The van der Waals surface area contributed by atoms with Gasteiger partial charge < -0.3 is 20.9 Å². The van der Waals surface area contributed by atoms with Gasteiger partial charge in [-0.1, -0.05) is 0 Å². The molecule has 31 heavy (non-hydrogen) atoms. The van der Waals surface area contributed by atoms with Crippen molar-refractivity contribution in [2.45, 2.75) is 0 Å². The number of amides is 1. The molecule has 1 aliphatic heterocycles. The highest BCUT2D eigenvalue weighted by Crippen LogP contribution is 2.30. The van der Waals surface area contributed by atoms with Crippen molar-refractivity contribution in [3.63, 3.8) is 0 Å². The van der Waals surface area contributed by atoms with Crippen molar-refractivity contribution in [2.75, 3.05) is 43.4 Å². The van der Waals surface area contributed by atoms with Gasteiger partial charge in [0.25, 0.3) is 0 Å². The lowest BCUT2D eigenvalue weighted by atomic mass is 10.2. The molecule has 0 unspecified atom stereocenters. The fourth-order valence-electron chi connectivity index (χ4n) is 3.75. The summed E-state index contributed by atoms with van der Waals surface area (Å²) in [6.07, 6.45) is 5.41. The molecule has 9 heteroatoms. The monoisotopic (exact) mass is 433 g/mol. The second-order valence-corrected chi connectivity index (χ2v) is 8.55. The summed E-state index contributed by atoms with van der Waals surface area (Å²) in [4.78, 5) is 26.2. The zero-order chi connectivity index (χ0) is 21.4. The quantitative estimate of drug-likeness (QED) is 0.503. The maximum atomic E-state index is 11.4. The number of rotatable bonds is 5. The molecule has 158 valence electrons. The van der Waals surface area contributed by atoms with E-state index in [4.69, 9.17) is 5.73 Å². The van der Waals surface area contributed by atoms with Crippen molar-refractivity contribution in [3.8, 4) is 10.6 Å². The Labute approximate surface area is 183 Å². The van der Waals surface area contributed by atoms with E-state index in [1.165, 1.54) is 17.0 Å². The van der Waals surface area contributed by atoms with E-state index in [0.717, 1.165) is 48.1 Å². The molecule has 0 saturated carbocycles. The topological polar surface area (TPSA) is 91.8 Å². The summed E-state index contributed by atoms with van der Waals surface area (Å²) in [5, 5.41) is 5.14. The Balaban J connectivity index is 1.39. The summed E-state index contributed by atoms with van der Waals surface area (Å²) >= 11 is 1.46. The van der Waals surface area contributed by atoms with Crippen LogP contribution < -0.4 is 16.0 Å². The predicted molar refractivity (Wildman–Crippen MR) is 124 cm³/mol. The molecule has 0 atom stereocenters. The van der Waals surface area contributed by atoms with Crippen LogP contribution in [0.15, 0.2) is 54.3 Å². The molecule has 0 bridgehead atoms. The van der Waals surface area contributed by atoms with Crippen molar-refractivity contribution >= 4 is 40.1 Å². The van der Waals surface area contributed by atoms with Gasteiger partial charge in [0.15, 0.2) is 11.5 Å². The molecule has 0 aliphatic carbocycles. The third-order valence-electron chi connectivity index (χ3n) is 5.56. The minimum Gasteiger partial charge on any atom is -0.369 e. The van der Waals surface area contributed by atoms with Crippen molar-refractivity contribution in [1.82, 2.24) is 19.3 Å². The van der Waals surface area contributed by atoms with Gasteiger partial charge in [0.05, 0.1) is 22.3 Å². The first-order chi connectivity index (χ1) is 15.1. The fourth-order valence-corrected chi connectivity index (χ4v) is 4.65. The number of nitrogens with one attached hydrogen (secondary N) is 1. The number of piperazine rings is 1. The van der Waals surface area contributed by atoms with E-state index in [2.05, 4.69) is 56.4 Å². The SMILES string of the molecule is CN1CCN(c2ccc(Nc3ncc(-c4cc(C(N)=O)cs4)n4ccnc34)cc2)CC1. The van der Waals surface area contributed by atoms with Gasteiger partial charge in [-0.05, 0) is 37.4 Å². The Bertz CT molecular complexity index is 1220. The van der Waals surface area contributed by atoms with Crippen LogP contribution in [-0.4, -0.2) is 58.4 Å². The fraction of sp³-hybridized carbons (Fsp3) is 0.227. The number of carbonyl (C=O) groups is 1. The second-order valence-electron chi connectivity index (χ2n) is 7.64. The van der Waals surface area contributed by atoms with Crippen LogP contribution in [0.25, 0.3) is 16.2 Å². The number of benzene rings is 1. The minimum absolute atomic E-state index is 0.435. The van der Waals surface area contributed by atoms with E-state index >= 15 is 0 Å². The van der Waals surface area contributed by atoms with Crippen LogP contribution in [0, 0.1) is 0 Å². The largest absolute Gasteiger partial charge is 0.369 e. The number of thiophene rings is 1. The first-order valence-corrected chi connectivity index (χ1v) is 11.0. The van der Waals surface area contributed by atoms with Crippen LogP contribution in [0.3, 0.4) is 0 Å². The van der Waals surface area contributed by atoms with Crippen molar-refractivity contribution in [3.05, 3.63) is 59.9 Å². The molecule has 5 rings (SSSR count). The number of imidazole rings is 1. The molecule has 1 aliphatic rings. The maximum Gasteiger partial charge on any atom is 0.249 e. The number of nitrogens with zero attached hydrogens (tertiary/aromatic N) is 5. The van der Waals surface area contributed by atoms with E-state index in [1.54, 1.807) is 23.8 Å². The van der Waals surface area contributed by atoms with Gasteiger partial charge in [-0.2, -0.15) is 0 Å². The average molecular weight is 434 g/mol. The Kier molecular flexibility index (Phi) is 5.05. The molecule has 0 radical (unpaired) electrons. The number of hydrogen-bond donors (Lipinski definition) is 2. The molecule has 1 aromatic carbocycles. The molecular weight excluding hydrogens is 410 g/mol. The molecule has 1 amide bonds. The molecule has 3 aromatic heterocycles. The lowest BCUT2D eigenvalue weighted by Crippen LogP contribution is -2.44. The van der Waals surface area contributed by atoms with Crippen molar-refractivity contribution in [2.24, 2.45) is 5.73 Å². The number of carbonyl (C=O) groups excluding carboxylic acids is 1. The zero-order valence-corrected chi connectivity index (χ0v) is 18.0. The zero-order valence-electron chi connectivity index (χ0n) is 17.2. The van der Waals surface area contributed by atoms with E-state index in [9.17, 15) is 4.79 Å².